The van der Waals surface area contributed by atoms with Crippen LogP contribution in [0.4, 0.5) is 14.5 Å². The Morgan fingerprint density at radius 1 is 1.07 bits per heavy atom. The van der Waals surface area contributed by atoms with E-state index in [0.29, 0.717) is 5.69 Å². The zero-order valence-corrected chi connectivity index (χ0v) is 16.5. The van der Waals surface area contributed by atoms with Crippen LogP contribution in [0, 0.1) is 11.6 Å². The summed E-state index contributed by atoms with van der Waals surface area (Å²) in [7, 11) is 0. The molecule has 4 rings (SSSR count). The van der Waals surface area contributed by atoms with Gasteiger partial charge in [0, 0.05) is 29.1 Å². The molecule has 0 atom stereocenters. The second kappa shape index (κ2) is 8.73. The molecule has 5 nitrogen and oxygen atoms in total. The lowest BCUT2D eigenvalue weighted by atomic mass is 10.2. The summed E-state index contributed by atoms with van der Waals surface area (Å²) in [6.07, 6.45) is 4.41. The number of hydrogen-bond donors (Lipinski definition) is 1. The lowest BCUT2D eigenvalue weighted by Gasteiger charge is -2.09. The first-order valence-corrected chi connectivity index (χ1v) is 10.5. The van der Waals surface area contributed by atoms with Gasteiger partial charge in [0.1, 0.15) is 17.5 Å². The van der Waals surface area contributed by atoms with E-state index in [1.165, 1.54) is 6.42 Å². The van der Waals surface area contributed by atoms with Gasteiger partial charge in [-0.25, -0.2) is 8.78 Å². The number of fused-ring (bicyclic) bond motifs is 1. The highest BCUT2D eigenvalue weighted by molar-refractivity contribution is 8.00. The molecule has 0 spiro atoms. The van der Waals surface area contributed by atoms with Gasteiger partial charge in [0.25, 0.3) is 0 Å². The van der Waals surface area contributed by atoms with Crippen LogP contribution in [0.25, 0.3) is 11.4 Å². The molecule has 3 aromatic rings. The van der Waals surface area contributed by atoms with Gasteiger partial charge in [0.15, 0.2) is 5.82 Å². The molecule has 2 aromatic carbocycles. The van der Waals surface area contributed by atoms with E-state index >= 15 is 0 Å². The molecule has 0 saturated heterocycles. The maximum absolute atomic E-state index is 13.6. The van der Waals surface area contributed by atoms with E-state index < -0.39 is 11.6 Å². The number of rotatable bonds is 5. The highest BCUT2D eigenvalue weighted by Gasteiger charge is 2.16. The van der Waals surface area contributed by atoms with Crippen LogP contribution in [-0.4, -0.2) is 26.4 Å². The van der Waals surface area contributed by atoms with Crippen molar-refractivity contribution in [3.8, 4) is 11.4 Å². The number of nitrogens with one attached hydrogen (secondary N) is 1. The Labute approximate surface area is 171 Å². The highest BCUT2D eigenvalue weighted by Crippen LogP contribution is 2.25. The summed E-state index contributed by atoms with van der Waals surface area (Å²) in [6, 6.07) is 10.6. The number of amides is 1. The van der Waals surface area contributed by atoms with Gasteiger partial charge in [0.05, 0.1) is 5.75 Å². The molecule has 2 heterocycles. The second-order valence-corrected chi connectivity index (χ2v) is 7.91. The third-order valence-electron chi connectivity index (χ3n) is 4.79. The Kier molecular flexibility index (Phi) is 5.89. The zero-order valence-electron chi connectivity index (χ0n) is 15.7. The first-order chi connectivity index (χ1) is 14.1. The molecule has 1 aliphatic rings. The first-order valence-electron chi connectivity index (χ1n) is 9.50. The van der Waals surface area contributed by atoms with E-state index in [0.717, 1.165) is 73.0 Å². The predicted octanol–water partition coefficient (Wildman–Crippen LogP) is 4.68. The number of nitrogens with zero attached hydrogens (tertiary/aromatic N) is 3. The minimum atomic E-state index is -0.541. The molecule has 0 unspecified atom stereocenters. The van der Waals surface area contributed by atoms with Crippen LogP contribution >= 0.6 is 11.8 Å². The summed E-state index contributed by atoms with van der Waals surface area (Å²) >= 11 is 0.959. The van der Waals surface area contributed by atoms with Gasteiger partial charge in [0.2, 0.25) is 5.91 Å². The maximum atomic E-state index is 13.6. The van der Waals surface area contributed by atoms with E-state index in [2.05, 4.69) is 20.1 Å². The number of anilines is 1. The summed E-state index contributed by atoms with van der Waals surface area (Å²) < 4.78 is 29.0. The highest BCUT2D eigenvalue weighted by atomic mass is 32.2. The van der Waals surface area contributed by atoms with E-state index in [9.17, 15) is 13.6 Å². The fourth-order valence-corrected chi connectivity index (χ4v) is 4.09. The van der Waals surface area contributed by atoms with Crippen molar-refractivity contribution in [2.45, 2.75) is 37.1 Å². The average molecular weight is 414 g/mol. The molecule has 0 aliphatic carbocycles. The number of benzene rings is 2. The van der Waals surface area contributed by atoms with Crippen LogP contribution < -0.4 is 5.32 Å². The summed E-state index contributed by atoms with van der Waals surface area (Å²) in [6.45, 7) is 0.921. The van der Waals surface area contributed by atoms with Crippen molar-refractivity contribution >= 4 is 23.4 Å². The van der Waals surface area contributed by atoms with Crippen LogP contribution in [-0.2, 0) is 17.8 Å². The molecule has 0 bridgehead atoms. The Morgan fingerprint density at radius 2 is 1.90 bits per heavy atom. The lowest BCUT2D eigenvalue weighted by molar-refractivity contribution is -0.113. The number of hydrogen-bond acceptors (Lipinski definition) is 4. The van der Waals surface area contributed by atoms with Gasteiger partial charge in [-0.05, 0) is 55.3 Å². The van der Waals surface area contributed by atoms with Crippen molar-refractivity contribution < 1.29 is 13.6 Å². The van der Waals surface area contributed by atoms with E-state index in [4.69, 9.17) is 0 Å². The predicted molar refractivity (Wildman–Crippen MR) is 109 cm³/mol. The summed E-state index contributed by atoms with van der Waals surface area (Å²) in [5.41, 5.74) is 1.58. The summed E-state index contributed by atoms with van der Waals surface area (Å²) in [5, 5.41) is 11.4. The molecule has 1 amide bonds. The molecule has 0 fully saturated rings. The Bertz CT molecular complexity index is 1020. The maximum Gasteiger partial charge on any atom is 0.234 e. The Morgan fingerprint density at radius 3 is 2.72 bits per heavy atom. The van der Waals surface area contributed by atoms with Crippen LogP contribution in [0.2, 0.25) is 0 Å². The molecular formula is C21H20F2N4OS. The average Bonchev–Trinajstić information content (AvgIpc) is 2.97. The third kappa shape index (κ3) is 4.64. The zero-order chi connectivity index (χ0) is 20.2. The van der Waals surface area contributed by atoms with Crippen molar-refractivity contribution in [1.82, 2.24) is 14.8 Å². The fraction of sp³-hybridized carbons (Fsp3) is 0.286. The first kappa shape index (κ1) is 19.6. The standard InChI is InChI=1S/C21H20F2N4OS/c22-15-7-10-17(23)18(12-15)29-13-20(28)24-16-8-5-14(6-9-16)21-26-25-19-4-2-1-3-11-27(19)21/h5-10,12H,1-4,11,13H2,(H,24,28). The summed E-state index contributed by atoms with van der Waals surface area (Å²) in [4.78, 5) is 12.3. The lowest BCUT2D eigenvalue weighted by Crippen LogP contribution is -2.14. The van der Waals surface area contributed by atoms with Crippen molar-refractivity contribution in [1.29, 1.82) is 0 Å². The molecular weight excluding hydrogens is 394 g/mol. The van der Waals surface area contributed by atoms with Gasteiger partial charge in [-0.1, -0.05) is 6.42 Å². The van der Waals surface area contributed by atoms with Crippen LogP contribution in [0.5, 0.6) is 0 Å². The largest absolute Gasteiger partial charge is 0.325 e. The van der Waals surface area contributed by atoms with Crippen molar-refractivity contribution in [3.05, 3.63) is 59.9 Å². The quantitative estimate of drug-likeness (QED) is 0.616. The number of carbonyl (C=O) groups excluding carboxylic acids is 1. The van der Waals surface area contributed by atoms with E-state index in [1.807, 2.05) is 12.1 Å². The molecule has 1 N–H and O–H groups in total. The van der Waals surface area contributed by atoms with E-state index in [-0.39, 0.29) is 16.6 Å². The van der Waals surface area contributed by atoms with Crippen molar-refractivity contribution in [3.63, 3.8) is 0 Å². The van der Waals surface area contributed by atoms with Crippen molar-refractivity contribution in [2.24, 2.45) is 0 Å². The number of aryl methyl sites for hydroxylation is 1. The molecule has 8 heteroatoms. The molecule has 150 valence electrons. The monoisotopic (exact) mass is 414 g/mol. The van der Waals surface area contributed by atoms with Crippen molar-refractivity contribution in [2.75, 3.05) is 11.1 Å². The van der Waals surface area contributed by atoms with Gasteiger partial charge < -0.3 is 9.88 Å². The topological polar surface area (TPSA) is 59.8 Å². The Balaban J connectivity index is 1.39. The second-order valence-electron chi connectivity index (χ2n) is 6.89. The van der Waals surface area contributed by atoms with Gasteiger partial charge in [-0.15, -0.1) is 22.0 Å². The fourth-order valence-electron chi connectivity index (χ4n) is 3.33. The third-order valence-corrected chi connectivity index (χ3v) is 5.82. The minimum Gasteiger partial charge on any atom is -0.325 e. The smallest absolute Gasteiger partial charge is 0.234 e. The molecule has 1 aromatic heterocycles. The van der Waals surface area contributed by atoms with E-state index in [1.54, 1.807) is 12.1 Å². The van der Waals surface area contributed by atoms with Gasteiger partial charge >= 0.3 is 0 Å². The van der Waals surface area contributed by atoms with Gasteiger partial charge in [-0.2, -0.15) is 0 Å². The minimum absolute atomic E-state index is 0.0141. The molecule has 29 heavy (non-hydrogen) atoms. The number of aromatic nitrogens is 3. The number of carbonyl (C=O) groups is 1. The SMILES string of the molecule is O=C(CSc1cc(F)ccc1F)Nc1ccc(-c2nnc3n2CCCCC3)cc1. The molecule has 1 aliphatic heterocycles. The number of thioether (sulfide) groups is 1. The number of halogens is 2. The Hall–Kier alpha value is -2.74. The van der Waals surface area contributed by atoms with Crippen LogP contribution in [0.3, 0.4) is 0 Å². The van der Waals surface area contributed by atoms with Gasteiger partial charge in [-0.3, -0.25) is 4.79 Å². The van der Waals surface area contributed by atoms with Crippen LogP contribution in [0.1, 0.15) is 25.1 Å². The molecule has 0 radical (unpaired) electrons. The van der Waals surface area contributed by atoms with Crippen LogP contribution in [0.15, 0.2) is 47.4 Å². The molecule has 0 saturated carbocycles. The summed E-state index contributed by atoms with van der Waals surface area (Å²) in [5.74, 6) is 0.494. The normalized spacial score (nSPS) is 13.6.